The van der Waals surface area contributed by atoms with E-state index in [2.05, 4.69) is 15.9 Å². The van der Waals surface area contributed by atoms with E-state index in [0.29, 0.717) is 12.4 Å². The van der Waals surface area contributed by atoms with Crippen LogP contribution in [-0.4, -0.2) is 16.6 Å². The molecule has 21 heavy (non-hydrogen) atoms. The average Bonchev–Trinajstić information content (AvgIpc) is 2.48. The summed E-state index contributed by atoms with van der Waals surface area (Å²) in [5.41, 5.74) is 7.11. The minimum atomic E-state index is -1.15. The summed E-state index contributed by atoms with van der Waals surface area (Å²) >= 11 is 3.39. The van der Waals surface area contributed by atoms with Crippen molar-refractivity contribution >= 4 is 26.7 Å². The first-order valence-corrected chi connectivity index (χ1v) is 8.84. The van der Waals surface area contributed by atoms with Gasteiger partial charge < -0.3 is 10.5 Å². The highest BCUT2D eigenvalue weighted by molar-refractivity contribution is 9.10. The summed E-state index contributed by atoms with van der Waals surface area (Å²) in [6, 6.07) is 14.8. The minimum Gasteiger partial charge on any atom is -0.494 e. The zero-order valence-electron chi connectivity index (χ0n) is 11.8. The van der Waals surface area contributed by atoms with Crippen LogP contribution in [0, 0.1) is 0 Å². The van der Waals surface area contributed by atoms with Crippen molar-refractivity contribution in [3.63, 3.8) is 0 Å². The van der Waals surface area contributed by atoms with Crippen LogP contribution in [0.1, 0.15) is 18.5 Å². The number of nitrogens with two attached hydrogens (primary N) is 1. The van der Waals surface area contributed by atoms with Gasteiger partial charge in [-0.15, -0.1) is 0 Å². The molecule has 0 spiro atoms. The third kappa shape index (κ3) is 4.40. The first-order chi connectivity index (χ1) is 10.1. The van der Waals surface area contributed by atoms with Gasteiger partial charge in [0.25, 0.3) is 0 Å². The Morgan fingerprint density at radius 2 is 2.00 bits per heavy atom. The quantitative estimate of drug-likeness (QED) is 0.847. The van der Waals surface area contributed by atoms with Crippen molar-refractivity contribution in [2.75, 3.05) is 12.4 Å². The second kappa shape index (κ2) is 7.73. The fourth-order valence-corrected chi connectivity index (χ4v) is 3.77. The van der Waals surface area contributed by atoms with Crippen molar-refractivity contribution in [3.8, 4) is 5.75 Å². The van der Waals surface area contributed by atoms with Crippen molar-refractivity contribution in [3.05, 3.63) is 58.6 Å². The molecule has 0 saturated carbocycles. The zero-order chi connectivity index (χ0) is 15.2. The molecule has 2 unspecified atom stereocenters. The molecule has 0 bridgehead atoms. The van der Waals surface area contributed by atoms with Crippen LogP contribution < -0.4 is 10.5 Å². The van der Waals surface area contributed by atoms with Gasteiger partial charge in [-0.1, -0.05) is 40.2 Å². The largest absolute Gasteiger partial charge is 0.494 e. The van der Waals surface area contributed by atoms with Crippen LogP contribution in [0.3, 0.4) is 0 Å². The van der Waals surface area contributed by atoms with Gasteiger partial charge in [-0.3, -0.25) is 4.21 Å². The topological polar surface area (TPSA) is 52.3 Å². The lowest BCUT2D eigenvalue weighted by Gasteiger charge is -2.16. The van der Waals surface area contributed by atoms with E-state index in [9.17, 15) is 4.21 Å². The second-order valence-corrected chi connectivity index (χ2v) is 6.96. The summed E-state index contributed by atoms with van der Waals surface area (Å²) < 4.78 is 18.9. The monoisotopic (exact) mass is 367 g/mol. The maximum Gasteiger partial charge on any atom is 0.124 e. The molecule has 2 N–H and O–H groups in total. The first kappa shape index (κ1) is 16.2. The van der Waals surface area contributed by atoms with Crippen LogP contribution in [0.5, 0.6) is 5.75 Å². The number of ether oxygens (including phenoxy) is 1. The molecule has 0 aliphatic heterocycles. The Balaban J connectivity index is 2.14. The van der Waals surface area contributed by atoms with E-state index in [4.69, 9.17) is 10.5 Å². The molecular weight excluding hydrogens is 350 g/mol. The van der Waals surface area contributed by atoms with Crippen molar-refractivity contribution < 1.29 is 8.95 Å². The molecule has 2 rings (SSSR count). The summed E-state index contributed by atoms with van der Waals surface area (Å²) in [5, 5.41) is 0. The molecule has 3 nitrogen and oxygen atoms in total. The van der Waals surface area contributed by atoms with E-state index < -0.39 is 10.8 Å². The van der Waals surface area contributed by atoms with Gasteiger partial charge in [0.15, 0.2) is 0 Å². The number of benzene rings is 2. The third-order valence-corrected chi connectivity index (χ3v) is 4.94. The van der Waals surface area contributed by atoms with E-state index in [1.807, 2.05) is 55.5 Å². The highest BCUT2D eigenvalue weighted by Gasteiger charge is 2.16. The lowest BCUT2D eigenvalue weighted by atomic mass is 10.1. The number of hydrogen-bond donors (Lipinski definition) is 1. The molecule has 0 aromatic heterocycles. The van der Waals surface area contributed by atoms with Gasteiger partial charge in [-0.05, 0) is 31.2 Å². The van der Waals surface area contributed by atoms with Gasteiger partial charge in [0, 0.05) is 26.7 Å². The van der Waals surface area contributed by atoms with Crippen molar-refractivity contribution in [1.82, 2.24) is 0 Å². The summed E-state index contributed by atoms with van der Waals surface area (Å²) in [6.07, 6.45) is 0. The summed E-state index contributed by atoms with van der Waals surface area (Å²) in [7, 11) is -1.15. The van der Waals surface area contributed by atoms with Crippen LogP contribution in [0.15, 0.2) is 57.9 Å². The number of para-hydroxylation sites is 1. The maximum absolute atomic E-state index is 12.4. The van der Waals surface area contributed by atoms with E-state index in [1.54, 1.807) is 0 Å². The average molecular weight is 368 g/mol. The fraction of sp³-hybridized carbons (Fsp3) is 0.250. The zero-order valence-corrected chi connectivity index (χ0v) is 14.2. The Kier molecular flexibility index (Phi) is 5.96. The van der Waals surface area contributed by atoms with Gasteiger partial charge in [-0.25, -0.2) is 0 Å². The molecule has 0 aliphatic carbocycles. The van der Waals surface area contributed by atoms with Crippen molar-refractivity contribution in [2.24, 2.45) is 5.73 Å². The van der Waals surface area contributed by atoms with Gasteiger partial charge in [0.2, 0.25) is 0 Å². The molecule has 2 aromatic rings. The van der Waals surface area contributed by atoms with Crippen LogP contribution in [0.4, 0.5) is 0 Å². The number of hydrogen-bond acceptors (Lipinski definition) is 3. The molecule has 2 atom stereocenters. The van der Waals surface area contributed by atoms with Gasteiger partial charge in [0.05, 0.1) is 17.4 Å². The van der Waals surface area contributed by atoms with Crippen LogP contribution in [0.2, 0.25) is 0 Å². The Hall–Kier alpha value is -1.17. The number of rotatable bonds is 6. The van der Waals surface area contributed by atoms with E-state index >= 15 is 0 Å². The first-order valence-electron chi connectivity index (χ1n) is 6.73. The van der Waals surface area contributed by atoms with E-state index in [-0.39, 0.29) is 6.04 Å². The SMILES string of the molecule is CCOc1ccccc1C(N)CS(=O)c1cccc(Br)c1. The van der Waals surface area contributed by atoms with Gasteiger partial charge in [0.1, 0.15) is 5.75 Å². The third-order valence-electron chi connectivity index (χ3n) is 3.01. The molecular formula is C16H18BrNO2S. The molecule has 0 heterocycles. The van der Waals surface area contributed by atoms with E-state index in [1.165, 1.54) is 0 Å². The predicted octanol–water partition coefficient (Wildman–Crippen LogP) is 3.66. The smallest absolute Gasteiger partial charge is 0.124 e. The van der Waals surface area contributed by atoms with Crippen LogP contribution >= 0.6 is 15.9 Å². The lowest BCUT2D eigenvalue weighted by Crippen LogP contribution is -2.19. The highest BCUT2D eigenvalue weighted by atomic mass is 79.9. The highest BCUT2D eigenvalue weighted by Crippen LogP contribution is 2.25. The maximum atomic E-state index is 12.4. The Labute approximate surface area is 136 Å². The number of halogens is 1. The van der Waals surface area contributed by atoms with Gasteiger partial charge in [-0.2, -0.15) is 0 Å². The Morgan fingerprint density at radius 3 is 2.71 bits per heavy atom. The van der Waals surface area contributed by atoms with Crippen LogP contribution in [-0.2, 0) is 10.8 Å². The predicted molar refractivity (Wildman–Crippen MR) is 90.0 cm³/mol. The normalized spacial score (nSPS) is 13.7. The molecule has 0 aliphatic rings. The van der Waals surface area contributed by atoms with Crippen LogP contribution in [0.25, 0.3) is 0 Å². The molecule has 0 fully saturated rings. The summed E-state index contributed by atoms with van der Waals surface area (Å²) in [5.74, 6) is 1.12. The molecule has 112 valence electrons. The Morgan fingerprint density at radius 1 is 1.24 bits per heavy atom. The minimum absolute atomic E-state index is 0.326. The fourth-order valence-electron chi connectivity index (χ4n) is 2.03. The van der Waals surface area contributed by atoms with Gasteiger partial charge >= 0.3 is 0 Å². The summed E-state index contributed by atoms with van der Waals surface area (Å²) in [6.45, 7) is 2.51. The molecule has 0 saturated heterocycles. The van der Waals surface area contributed by atoms with Crippen molar-refractivity contribution in [1.29, 1.82) is 0 Å². The second-order valence-electron chi connectivity index (χ2n) is 4.55. The lowest BCUT2D eigenvalue weighted by molar-refractivity contribution is 0.335. The van der Waals surface area contributed by atoms with Crippen molar-refractivity contribution in [2.45, 2.75) is 17.9 Å². The molecule has 0 radical (unpaired) electrons. The summed E-state index contributed by atoms with van der Waals surface area (Å²) in [4.78, 5) is 0.772. The molecule has 0 amide bonds. The molecule has 2 aromatic carbocycles. The van der Waals surface area contributed by atoms with E-state index in [0.717, 1.165) is 20.7 Å². The molecule has 5 heteroatoms. The Bertz CT molecular complexity index is 633. The standard InChI is InChI=1S/C16H18BrNO2S/c1-2-20-16-9-4-3-8-14(16)15(18)11-21(19)13-7-5-6-12(17)10-13/h3-10,15H,2,11,18H2,1H3.